The number of nitrogens with zero attached hydrogens (tertiary/aromatic N) is 1. The summed E-state index contributed by atoms with van der Waals surface area (Å²) in [5.41, 5.74) is 2.63. The SMILES string of the molecule is O=C(Nc1ccc(O)cc1)c1cc2ncccc2[nH]1. The van der Waals surface area contributed by atoms with Crippen LogP contribution in [0.1, 0.15) is 10.5 Å². The van der Waals surface area contributed by atoms with Gasteiger partial charge in [-0.15, -0.1) is 0 Å². The van der Waals surface area contributed by atoms with E-state index in [0.717, 1.165) is 11.0 Å². The van der Waals surface area contributed by atoms with Crippen LogP contribution in [-0.2, 0) is 0 Å². The van der Waals surface area contributed by atoms with Crippen LogP contribution in [0.3, 0.4) is 0 Å². The average Bonchev–Trinajstić information content (AvgIpc) is 2.85. The Morgan fingerprint density at radius 1 is 1.21 bits per heavy atom. The molecule has 0 fully saturated rings. The third-order valence-corrected chi connectivity index (χ3v) is 2.76. The summed E-state index contributed by atoms with van der Waals surface area (Å²) in [4.78, 5) is 19.2. The molecule has 0 spiro atoms. The number of hydrogen-bond acceptors (Lipinski definition) is 3. The fourth-order valence-electron chi connectivity index (χ4n) is 1.82. The minimum Gasteiger partial charge on any atom is -0.508 e. The maximum Gasteiger partial charge on any atom is 0.272 e. The molecule has 0 saturated carbocycles. The molecule has 0 saturated heterocycles. The van der Waals surface area contributed by atoms with Crippen molar-refractivity contribution in [3.8, 4) is 5.75 Å². The number of hydrogen-bond donors (Lipinski definition) is 3. The summed E-state index contributed by atoms with van der Waals surface area (Å²) in [5, 5.41) is 11.9. The summed E-state index contributed by atoms with van der Waals surface area (Å²) >= 11 is 0. The fourth-order valence-corrected chi connectivity index (χ4v) is 1.82. The van der Waals surface area contributed by atoms with Gasteiger partial charge < -0.3 is 15.4 Å². The van der Waals surface area contributed by atoms with Crippen LogP contribution in [0.2, 0.25) is 0 Å². The second kappa shape index (κ2) is 4.45. The first kappa shape index (κ1) is 11.3. The van der Waals surface area contributed by atoms with Crippen LogP contribution in [-0.4, -0.2) is 21.0 Å². The lowest BCUT2D eigenvalue weighted by Crippen LogP contribution is -2.11. The van der Waals surface area contributed by atoms with Crippen molar-refractivity contribution in [3.05, 3.63) is 54.4 Å². The van der Waals surface area contributed by atoms with E-state index in [1.165, 1.54) is 12.1 Å². The van der Waals surface area contributed by atoms with E-state index in [-0.39, 0.29) is 11.7 Å². The number of pyridine rings is 1. The van der Waals surface area contributed by atoms with Gasteiger partial charge in [0.2, 0.25) is 0 Å². The number of aromatic amines is 1. The minimum atomic E-state index is -0.247. The number of phenols is 1. The van der Waals surface area contributed by atoms with Gasteiger partial charge in [-0.05, 0) is 42.5 Å². The van der Waals surface area contributed by atoms with Gasteiger partial charge >= 0.3 is 0 Å². The molecule has 3 N–H and O–H groups in total. The van der Waals surface area contributed by atoms with Gasteiger partial charge in [-0.2, -0.15) is 0 Å². The molecule has 1 amide bonds. The number of aromatic nitrogens is 2. The third-order valence-electron chi connectivity index (χ3n) is 2.76. The van der Waals surface area contributed by atoms with Gasteiger partial charge in [-0.25, -0.2) is 0 Å². The lowest BCUT2D eigenvalue weighted by Gasteiger charge is -2.03. The highest BCUT2D eigenvalue weighted by Crippen LogP contribution is 2.16. The Labute approximate surface area is 108 Å². The van der Waals surface area contributed by atoms with Crippen LogP contribution >= 0.6 is 0 Å². The molecule has 2 heterocycles. The highest BCUT2D eigenvalue weighted by molar-refractivity contribution is 6.05. The summed E-state index contributed by atoms with van der Waals surface area (Å²) in [6.07, 6.45) is 1.68. The number of benzene rings is 1. The summed E-state index contributed by atoms with van der Waals surface area (Å²) in [6.45, 7) is 0. The maximum atomic E-state index is 12.0. The van der Waals surface area contributed by atoms with Gasteiger partial charge in [0.25, 0.3) is 5.91 Å². The summed E-state index contributed by atoms with van der Waals surface area (Å²) in [5.74, 6) is -0.0866. The highest BCUT2D eigenvalue weighted by Gasteiger charge is 2.10. The Kier molecular flexibility index (Phi) is 2.64. The van der Waals surface area contributed by atoms with Gasteiger partial charge in [0.05, 0.1) is 11.0 Å². The largest absolute Gasteiger partial charge is 0.508 e. The molecule has 0 aliphatic heterocycles. The number of rotatable bonds is 2. The Morgan fingerprint density at radius 3 is 2.74 bits per heavy atom. The van der Waals surface area contributed by atoms with Crippen molar-refractivity contribution in [2.45, 2.75) is 0 Å². The van der Waals surface area contributed by atoms with Gasteiger partial charge in [0, 0.05) is 11.9 Å². The second-order valence-corrected chi connectivity index (χ2v) is 4.12. The molecule has 0 aliphatic rings. The van der Waals surface area contributed by atoms with Crippen LogP contribution in [0.5, 0.6) is 5.75 Å². The molecule has 0 atom stereocenters. The molecule has 1 aromatic carbocycles. The quantitative estimate of drug-likeness (QED) is 0.614. The Balaban J connectivity index is 1.85. The van der Waals surface area contributed by atoms with Crippen molar-refractivity contribution in [1.82, 2.24) is 9.97 Å². The lowest BCUT2D eigenvalue weighted by molar-refractivity contribution is 0.102. The molecule has 0 aliphatic carbocycles. The van der Waals surface area contributed by atoms with E-state index in [1.807, 2.05) is 6.07 Å². The van der Waals surface area contributed by atoms with Crippen molar-refractivity contribution in [1.29, 1.82) is 0 Å². The second-order valence-electron chi connectivity index (χ2n) is 4.12. The molecule has 5 nitrogen and oxygen atoms in total. The average molecular weight is 253 g/mol. The highest BCUT2D eigenvalue weighted by atomic mass is 16.3. The zero-order valence-corrected chi connectivity index (χ0v) is 9.92. The zero-order chi connectivity index (χ0) is 13.2. The molecule has 19 heavy (non-hydrogen) atoms. The molecule has 0 unspecified atom stereocenters. The fraction of sp³-hybridized carbons (Fsp3) is 0. The first-order chi connectivity index (χ1) is 9.22. The number of nitrogens with one attached hydrogen (secondary N) is 2. The first-order valence-corrected chi connectivity index (χ1v) is 5.76. The van der Waals surface area contributed by atoms with Crippen LogP contribution in [0.15, 0.2) is 48.7 Å². The number of carbonyl (C=O) groups is 1. The van der Waals surface area contributed by atoms with Crippen LogP contribution in [0.25, 0.3) is 11.0 Å². The monoisotopic (exact) mass is 253 g/mol. The van der Waals surface area contributed by atoms with Crippen molar-refractivity contribution in [2.24, 2.45) is 0 Å². The van der Waals surface area contributed by atoms with E-state index in [2.05, 4.69) is 15.3 Å². The Bertz CT molecular complexity index is 699. The van der Waals surface area contributed by atoms with Crippen LogP contribution in [0.4, 0.5) is 5.69 Å². The molecule has 2 aromatic heterocycles. The zero-order valence-electron chi connectivity index (χ0n) is 9.92. The molecule has 0 bridgehead atoms. The number of amides is 1. The van der Waals surface area contributed by atoms with Crippen molar-refractivity contribution in [2.75, 3.05) is 5.32 Å². The molecule has 94 valence electrons. The topological polar surface area (TPSA) is 78.0 Å². The van der Waals surface area contributed by atoms with Crippen LogP contribution in [0, 0.1) is 0 Å². The van der Waals surface area contributed by atoms with Gasteiger partial charge in [0.1, 0.15) is 11.4 Å². The smallest absolute Gasteiger partial charge is 0.272 e. The number of fused-ring (bicyclic) bond motifs is 1. The molecular weight excluding hydrogens is 242 g/mol. The third kappa shape index (κ3) is 2.26. The standard InChI is InChI=1S/C14H11N3O2/c18-10-5-3-9(4-6-10)16-14(19)13-8-12-11(17-13)2-1-7-15-12/h1-8,17-18H,(H,16,19). The van der Waals surface area contributed by atoms with Crippen molar-refractivity contribution < 1.29 is 9.90 Å². The van der Waals surface area contributed by atoms with Crippen molar-refractivity contribution in [3.63, 3.8) is 0 Å². The van der Waals surface area contributed by atoms with E-state index in [4.69, 9.17) is 0 Å². The number of carbonyl (C=O) groups excluding carboxylic acids is 1. The molecule has 3 aromatic rings. The van der Waals surface area contributed by atoms with Crippen LogP contribution < -0.4 is 5.32 Å². The lowest BCUT2D eigenvalue weighted by atomic mass is 10.3. The first-order valence-electron chi connectivity index (χ1n) is 5.76. The van der Waals surface area contributed by atoms with E-state index < -0.39 is 0 Å². The normalized spacial score (nSPS) is 10.5. The van der Waals surface area contributed by atoms with Gasteiger partial charge in [0.15, 0.2) is 0 Å². The molecule has 3 rings (SSSR count). The van der Waals surface area contributed by atoms with E-state index in [9.17, 15) is 9.90 Å². The van der Waals surface area contributed by atoms with E-state index in [0.29, 0.717) is 11.4 Å². The Hall–Kier alpha value is -2.82. The molecular formula is C14H11N3O2. The van der Waals surface area contributed by atoms with E-state index >= 15 is 0 Å². The van der Waals surface area contributed by atoms with E-state index in [1.54, 1.807) is 30.5 Å². The van der Waals surface area contributed by atoms with Crippen molar-refractivity contribution >= 4 is 22.6 Å². The number of H-pyrrole nitrogens is 1. The predicted molar refractivity (Wildman–Crippen MR) is 72.2 cm³/mol. The predicted octanol–water partition coefficient (Wildman–Crippen LogP) is 2.52. The number of anilines is 1. The summed E-state index contributed by atoms with van der Waals surface area (Å²) in [6, 6.07) is 11.7. The molecule has 0 radical (unpaired) electrons. The number of phenolic OH excluding ortho intramolecular Hbond substituents is 1. The summed E-state index contributed by atoms with van der Waals surface area (Å²) in [7, 11) is 0. The minimum absolute atomic E-state index is 0.160. The Morgan fingerprint density at radius 2 is 2.00 bits per heavy atom. The van der Waals surface area contributed by atoms with Gasteiger partial charge in [-0.1, -0.05) is 0 Å². The number of aromatic hydroxyl groups is 1. The summed E-state index contributed by atoms with van der Waals surface area (Å²) < 4.78 is 0. The van der Waals surface area contributed by atoms with Gasteiger partial charge in [-0.3, -0.25) is 9.78 Å². The maximum absolute atomic E-state index is 12.0. The molecule has 5 heteroatoms.